The van der Waals surface area contributed by atoms with E-state index in [4.69, 9.17) is 4.74 Å². The Hall–Kier alpha value is -2.58. The van der Waals surface area contributed by atoms with Gasteiger partial charge in [-0.05, 0) is 56.5 Å². The third-order valence-electron chi connectivity index (χ3n) is 5.01. The number of hydrogen-bond acceptors (Lipinski definition) is 5. The first-order valence-electron chi connectivity index (χ1n) is 10.2. The average molecular weight is 432 g/mol. The molecule has 0 bridgehead atoms. The predicted molar refractivity (Wildman–Crippen MR) is 118 cm³/mol. The minimum Gasteiger partial charge on any atom is -0.495 e. The Morgan fingerprint density at radius 3 is 2.53 bits per heavy atom. The summed E-state index contributed by atoms with van der Waals surface area (Å²) in [6, 6.07) is 14.6. The Bertz CT molecular complexity index is 960. The summed E-state index contributed by atoms with van der Waals surface area (Å²) in [5.74, 6) is -0.0792. The van der Waals surface area contributed by atoms with E-state index >= 15 is 0 Å². The molecule has 1 saturated carbocycles. The van der Waals surface area contributed by atoms with E-state index in [0.29, 0.717) is 12.1 Å². The van der Waals surface area contributed by atoms with Crippen LogP contribution in [0.15, 0.2) is 53.4 Å². The van der Waals surface area contributed by atoms with E-state index in [0.717, 1.165) is 38.0 Å². The number of sulfonamides is 1. The highest BCUT2D eigenvalue weighted by atomic mass is 32.2. The van der Waals surface area contributed by atoms with Crippen molar-refractivity contribution in [2.24, 2.45) is 0 Å². The van der Waals surface area contributed by atoms with Gasteiger partial charge in [0.2, 0.25) is 10.0 Å². The van der Waals surface area contributed by atoms with Crippen LogP contribution >= 0.6 is 0 Å². The third kappa shape index (κ3) is 5.73. The number of hydrogen-bond donors (Lipinski definition) is 2. The number of anilines is 1. The van der Waals surface area contributed by atoms with E-state index in [1.165, 1.54) is 19.2 Å². The minimum absolute atomic E-state index is 0.00853. The van der Waals surface area contributed by atoms with Gasteiger partial charge in [-0.2, -0.15) is 0 Å². The Kier molecular flexibility index (Phi) is 7.33. The Labute approximate surface area is 178 Å². The summed E-state index contributed by atoms with van der Waals surface area (Å²) in [5.41, 5.74) is 1.45. The van der Waals surface area contributed by atoms with Gasteiger partial charge in [-0.25, -0.2) is 13.1 Å². The van der Waals surface area contributed by atoms with Crippen LogP contribution in [0.5, 0.6) is 5.75 Å². The first kappa shape index (κ1) is 22.1. The van der Waals surface area contributed by atoms with Crippen molar-refractivity contribution in [2.45, 2.75) is 37.1 Å². The molecule has 8 heteroatoms. The maximum atomic E-state index is 12.6. The number of methoxy groups -OCH3 is 1. The average Bonchev–Trinajstić information content (AvgIpc) is 3.57. The maximum absolute atomic E-state index is 12.6. The molecular weight excluding hydrogens is 402 g/mol. The second-order valence-corrected chi connectivity index (χ2v) is 8.97. The molecule has 0 saturated heterocycles. The van der Waals surface area contributed by atoms with Crippen LogP contribution < -0.4 is 19.7 Å². The third-order valence-corrected chi connectivity index (χ3v) is 6.55. The summed E-state index contributed by atoms with van der Waals surface area (Å²) in [4.78, 5) is 14.8. The van der Waals surface area contributed by atoms with Crippen LogP contribution in [0.4, 0.5) is 5.69 Å². The number of rotatable bonds is 11. The molecule has 7 nitrogen and oxygen atoms in total. The molecule has 30 heavy (non-hydrogen) atoms. The highest BCUT2D eigenvalue weighted by molar-refractivity contribution is 7.89. The molecule has 1 aliphatic rings. The van der Waals surface area contributed by atoms with Gasteiger partial charge in [0.25, 0.3) is 5.91 Å². The highest BCUT2D eigenvalue weighted by Crippen LogP contribution is 2.28. The van der Waals surface area contributed by atoms with Gasteiger partial charge in [0, 0.05) is 36.9 Å². The van der Waals surface area contributed by atoms with Crippen molar-refractivity contribution in [3.8, 4) is 5.75 Å². The van der Waals surface area contributed by atoms with Gasteiger partial charge in [0.15, 0.2) is 0 Å². The summed E-state index contributed by atoms with van der Waals surface area (Å²) in [6.07, 6.45) is 2.44. The zero-order chi connectivity index (χ0) is 21.6. The number of para-hydroxylation sites is 1. The van der Waals surface area contributed by atoms with Crippen LogP contribution in [0.2, 0.25) is 0 Å². The quantitative estimate of drug-likeness (QED) is 0.534. The van der Waals surface area contributed by atoms with Crippen LogP contribution in [0, 0.1) is 0 Å². The molecule has 0 unspecified atom stereocenters. The lowest BCUT2D eigenvalue weighted by atomic mass is 10.2. The van der Waals surface area contributed by atoms with Crippen molar-refractivity contribution in [3.05, 3.63) is 54.1 Å². The molecule has 2 aromatic carbocycles. The van der Waals surface area contributed by atoms with Gasteiger partial charge < -0.3 is 15.0 Å². The van der Waals surface area contributed by atoms with Crippen molar-refractivity contribution in [3.63, 3.8) is 0 Å². The zero-order valence-electron chi connectivity index (χ0n) is 17.4. The molecule has 0 radical (unpaired) electrons. The number of amides is 1. The van der Waals surface area contributed by atoms with Crippen molar-refractivity contribution in [2.75, 3.05) is 31.6 Å². The second-order valence-electron chi connectivity index (χ2n) is 7.29. The largest absolute Gasteiger partial charge is 0.495 e. The number of nitrogens with one attached hydrogen (secondary N) is 2. The topological polar surface area (TPSA) is 87.7 Å². The summed E-state index contributed by atoms with van der Waals surface area (Å²) in [6.45, 7) is 4.29. The van der Waals surface area contributed by atoms with Gasteiger partial charge in [-0.1, -0.05) is 18.2 Å². The Balaban J connectivity index is 1.59. The van der Waals surface area contributed by atoms with Crippen LogP contribution in [0.25, 0.3) is 0 Å². The molecule has 0 atom stereocenters. The van der Waals surface area contributed by atoms with Crippen molar-refractivity contribution < 1.29 is 17.9 Å². The van der Waals surface area contributed by atoms with E-state index in [1.54, 1.807) is 6.07 Å². The van der Waals surface area contributed by atoms with Gasteiger partial charge in [0.1, 0.15) is 10.6 Å². The van der Waals surface area contributed by atoms with Crippen LogP contribution in [-0.2, 0) is 10.0 Å². The fourth-order valence-corrected chi connectivity index (χ4v) is 4.69. The standard InChI is InChI=1S/C22H29N3O4S/c1-3-25(19-8-5-4-6-9-19)15-7-14-23-22(26)17-10-13-20(29-2)21(16-17)30(27,28)24-18-11-12-18/h4-6,8-10,13,16,18,24H,3,7,11-12,14-15H2,1-2H3,(H,23,26). The van der Waals surface area contributed by atoms with Gasteiger partial charge in [-0.15, -0.1) is 0 Å². The lowest BCUT2D eigenvalue weighted by Crippen LogP contribution is -2.30. The molecule has 0 heterocycles. The van der Waals surface area contributed by atoms with Crippen LogP contribution in [-0.4, -0.2) is 47.1 Å². The number of carbonyl (C=O) groups excluding carboxylic acids is 1. The molecule has 0 spiro atoms. The van der Waals surface area contributed by atoms with E-state index in [9.17, 15) is 13.2 Å². The first-order chi connectivity index (χ1) is 14.4. The predicted octanol–water partition coefficient (Wildman–Crippen LogP) is 2.78. The lowest BCUT2D eigenvalue weighted by molar-refractivity contribution is 0.0953. The maximum Gasteiger partial charge on any atom is 0.251 e. The Morgan fingerprint density at radius 2 is 1.90 bits per heavy atom. The fourth-order valence-electron chi connectivity index (χ4n) is 3.19. The molecule has 3 rings (SSSR count). The number of nitrogens with zero attached hydrogens (tertiary/aromatic N) is 1. The molecule has 1 fully saturated rings. The summed E-state index contributed by atoms with van der Waals surface area (Å²) >= 11 is 0. The van der Waals surface area contributed by atoms with Crippen molar-refractivity contribution in [1.82, 2.24) is 10.0 Å². The van der Waals surface area contributed by atoms with Crippen molar-refractivity contribution >= 4 is 21.6 Å². The number of benzene rings is 2. The van der Waals surface area contributed by atoms with Gasteiger partial charge in [-0.3, -0.25) is 4.79 Å². The van der Waals surface area contributed by atoms with E-state index in [-0.39, 0.29) is 22.6 Å². The molecule has 0 aromatic heterocycles. The molecule has 162 valence electrons. The summed E-state index contributed by atoms with van der Waals surface area (Å²) in [5, 5.41) is 2.88. The molecule has 0 aliphatic heterocycles. The van der Waals surface area contributed by atoms with Crippen molar-refractivity contribution in [1.29, 1.82) is 0 Å². The Morgan fingerprint density at radius 1 is 1.17 bits per heavy atom. The molecule has 1 amide bonds. The highest BCUT2D eigenvalue weighted by Gasteiger charge is 2.30. The lowest BCUT2D eigenvalue weighted by Gasteiger charge is -2.23. The monoisotopic (exact) mass is 431 g/mol. The van der Waals surface area contributed by atoms with Gasteiger partial charge >= 0.3 is 0 Å². The fraction of sp³-hybridized carbons (Fsp3) is 0.409. The summed E-state index contributed by atoms with van der Waals surface area (Å²) < 4.78 is 33.0. The normalized spacial score (nSPS) is 13.7. The SMILES string of the molecule is CCN(CCCNC(=O)c1ccc(OC)c(S(=O)(=O)NC2CC2)c1)c1ccccc1. The molecule has 1 aliphatic carbocycles. The number of ether oxygens (including phenoxy) is 1. The van der Waals surface area contributed by atoms with E-state index in [1.807, 2.05) is 18.2 Å². The first-order valence-corrected chi connectivity index (χ1v) is 11.7. The second kappa shape index (κ2) is 9.95. The summed E-state index contributed by atoms with van der Waals surface area (Å²) in [7, 11) is -2.31. The van der Waals surface area contributed by atoms with Crippen LogP contribution in [0.3, 0.4) is 0 Å². The molecular formula is C22H29N3O4S. The van der Waals surface area contributed by atoms with Crippen LogP contribution in [0.1, 0.15) is 36.5 Å². The van der Waals surface area contributed by atoms with E-state index in [2.05, 4.69) is 34.0 Å². The minimum atomic E-state index is -3.73. The molecule has 2 N–H and O–H groups in total. The van der Waals surface area contributed by atoms with E-state index < -0.39 is 10.0 Å². The smallest absolute Gasteiger partial charge is 0.251 e. The number of carbonyl (C=O) groups is 1. The zero-order valence-corrected chi connectivity index (χ0v) is 18.2. The van der Waals surface area contributed by atoms with Gasteiger partial charge in [0.05, 0.1) is 7.11 Å². The molecule has 2 aromatic rings.